The van der Waals surface area contributed by atoms with E-state index in [2.05, 4.69) is 16.0 Å². The number of hydrogen-bond donors (Lipinski definition) is 3. The van der Waals surface area contributed by atoms with Crippen LogP contribution in [-0.4, -0.2) is 39.3 Å². The lowest BCUT2D eigenvalue weighted by Gasteiger charge is -2.14. The number of benzene rings is 2. The van der Waals surface area contributed by atoms with Gasteiger partial charge in [-0.25, -0.2) is 4.79 Å². The van der Waals surface area contributed by atoms with Gasteiger partial charge in [0.1, 0.15) is 0 Å². The molecule has 2 aromatic rings. The highest BCUT2D eigenvalue weighted by Crippen LogP contribution is 2.38. The van der Waals surface area contributed by atoms with E-state index in [4.69, 9.17) is 14.2 Å². The fourth-order valence-corrected chi connectivity index (χ4v) is 2.96. The van der Waals surface area contributed by atoms with Crippen molar-refractivity contribution in [2.75, 3.05) is 26.6 Å². The first-order valence-electron chi connectivity index (χ1n) is 10.1. The van der Waals surface area contributed by atoms with E-state index in [1.807, 2.05) is 38.1 Å². The van der Waals surface area contributed by atoms with Crippen LogP contribution in [0.2, 0.25) is 0 Å². The maximum Gasteiger partial charge on any atom is 0.319 e. The quantitative estimate of drug-likeness (QED) is 0.537. The van der Waals surface area contributed by atoms with Crippen molar-refractivity contribution in [1.29, 1.82) is 0 Å². The van der Waals surface area contributed by atoms with Gasteiger partial charge >= 0.3 is 6.03 Å². The molecule has 168 valence electrons. The molecule has 0 saturated heterocycles. The zero-order valence-electron chi connectivity index (χ0n) is 18.7. The Balaban J connectivity index is 1.85. The minimum absolute atomic E-state index is 0.0627. The molecule has 3 amide bonds. The fraction of sp³-hybridized carbons (Fsp3) is 0.391. The molecule has 8 heteroatoms. The van der Waals surface area contributed by atoms with Crippen molar-refractivity contribution in [3.8, 4) is 17.2 Å². The summed E-state index contributed by atoms with van der Waals surface area (Å²) < 4.78 is 16.0. The van der Waals surface area contributed by atoms with Crippen molar-refractivity contribution in [1.82, 2.24) is 10.6 Å². The third-order valence-corrected chi connectivity index (χ3v) is 4.49. The molecule has 0 unspecified atom stereocenters. The first-order valence-corrected chi connectivity index (χ1v) is 10.1. The van der Waals surface area contributed by atoms with Crippen LogP contribution >= 0.6 is 0 Å². The largest absolute Gasteiger partial charge is 0.493 e. The van der Waals surface area contributed by atoms with E-state index >= 15 is 0 Å². The van der Waals surface area contributed by atoms with E-state index < -0.39 is 0 Å². The molecule has 31 heavy (non-hydrogen) atoms. The monoisotopic (exact) mass is 429 g/mol. The number of carbonyl (C=O) groups is 2. The van der Waals surface area contributed by atoms with E-state index in [0.717, 1.165) is 11.1 Å². The third kappa shape index (κ3) is 7.40. The second kappa shape index (κ2) is 11.7. The van der Waals surface area contributed by atoms with Crippen LogP contribution in [0, 0.1) is 0 Å². The van der Waals surface area contributed by atoms with Gasteiger partial charge in [0.25, 0.3) is 0 Å². The Bertz CT molecular complexity index is 856. The molecule has 0 bridgehead atoms. The number of ether oxygens (including phenoxy) is 3. The molecule has 0 aliphatic heterocycles. The van der Waals surface area contributed by atoms with Crippen molar-refractivity contribution >= 4 is 17.6 Å². The van der Waals surface area contributed by atoms with E-state index in [9.17, 15) is 9.59 Å². The fourth-order valence-electron chi connectivity index (χ4n) is 2.96. The van der Waals surface area contributed by atoms with Gasteiger partial charge in [-0.05, 0) is 55.7 Å². The number of urea groups is 1. The average Bonchev–Trinajstić information content (AvgIpc) is 2.75. The standard InChI is InChI=1S/C23H31N3O5/c1-15(2)25-23(28)26-18-9-6-16(7-10-18)14-24-21(27)11-8-17-12-19(29-3)22(31-5)20(13-17)30-4/h6-7,9-10,12-13,15H,8,11,14H2,1-5H3,(H,24,27)(H2,25,26,28). The molecule has 0 radical (unpaired) electrons. The van der Waals surface area contributed by atoms with Crippen molar-refractivity contribution in [3.63, 3.8) is 0 Å². The summed E-state index contributed by atoms with van der Waals surface area (Å²) in [5.74, 6) is 1.59. The molecular weight excluding hydrogens is 398 g/mol. The summed E-state index contributed by atoms with van der Waals surface area (Å²) in [6.45, 7) is 4.20. The molecule has 0 aromatic heterocycles. The number of amides is 3. The molecule has 0 atom stereocenters. The van der Waals surface area contributed by atoms with E-state index in [1.165, 1.54) is 0 Å². The molecule has 0 saturated carbocycles. The minimum atomic E-state index is -0.247. The summed E-state index contributed by atoms with van der Waals surface area (Å²) in [6.07, 6.45) is 0.865. The van der Waals surface area contributed by atoms with E-state index in [0.29, 0.717) is 42.3 Å². The molecule has 8 nitrogen and oxygen atoms in total. The number of rotatable bonds is 10. The van der Waals surface area contributed by atoms with Crippen LogP contribution in [0.15, 0.2) is 36.4 Å². The topological polar surface area (TPSA) is 97.9 Å². The number of methoxy groups -OCH3 is 3. The van der Waals surface area contributed by atoms with Gasteiger partial charge in [-0.1, -0.05) is 12.1 Å². The van der Waals surface area contributed by atoms with Crippen molar-refractivity contribution in [3.05, 3.63) is 47.5 Å². The summed E-state index contributed by atoms with van der Waals surface area (Å²) in [6, 6.07) is 10.8. The number of aryl methyl sites for hydroxylation is 1. The number of hydrogen-bond acceptors (Lipinski definition) is 5. The normalized spacial score (nSPS) is 10.4. The predicted molar refractivity (Wildman–Crippen MR) is 120 cm³/mol. The van der Waals surface area contributed by atoms with Gasteiger partial charge in [-0.2, -0.15) is 0 Å². The van der Waals surface area contributed by atoms with Crippen LogP contribution in [0.4, 0.5) is 10.5 Å². The highest BCUT2D eigenvalue weighted by atomic mass is 16.5. The maximum atomic E-state index is 12.3. The van der Waals surface area contributed by atoms with Crippen LogP contribution in [-0.2, 0) is 17.8 Å². The van der Waals surface area contributed by atoms with Gasteiger partial charge in [0.05, 0.1) is 21.3 Å². The number of nitrogens with one attached hydrogen (secondary N) is 3. The van der Waals surface area contributed by atoms with Crippen molar-refractivity contribution < 1.29 is 23.8 Å². The van der Waals surface area contributed by atoms with E-state index in [1.54, 1.807) is 33.5 Å². The van der Waals surface area contributed by atoms with Crippen LogP contribution in [0.1, 0.15) is 31.4 Å². The Hall–Kier alpha value is -3.42. The molecule has 0 aliphatic rings. The maximum absolute atomic E-state index is 12.3. The average molecular weight is 430 g/mol. The summed E-state index contributed by atoms with van der Waals surface area (Å²) in [4.78, 5) is 24.0. The zero-order valence-corrected chi connectivity index (χ0v) is 18.7. The van der Waals surface area contributed by atoms with Crippen molar-refractivity contribution in [2.45, 2.75) is 39.3 Å². The lowest BCUT2D eigenvalue weighted by Crippen LogP contribution is -2.34. The summed E-state index contributed by atoms with van der Waals surface area (Å²) in [7, 11) is 4.67. The second-order valence-electron chi connectivity index (χ2n) is 7.26. The molecule has 3 N–H and O–H groups in total. The van der Waals surface area contributed by atoms with Gasteiger partial charge in [0, 0.05) is 24.7 Å². The second-order valence-corrected chi connectivity index (χ2v) is 7.26. The SMILES string of the molecule is COc1cc(CCC(=O)NCc2ccc(NC(=O)NC(C)C)cc2)cc(OC)c1OC. The summed E-state index contributed by atoms with van der Waals surface area (Å²) in [5.41, 5.74) is 2.55. The molecule has 2 aromatic carbocycles. The Morgan fingerprint density at radius 2 is 1.52 bits per heavy atom. The van der Waals surface area contributed by atoms with E-state index in [-0.39, 0.29) is 18.0 Å². The van der Waals surface area contributed by atoms with Gasteiger partial charge < -0.3 is 30.2 Å². The highest BCUT2D eigenvalue weighted by Gasteiger charge is 2.14. The molecule has 0 fully saturated rings. The Labute approximate surface area is 183 Å². The molecule has 2 rings (SSSR count). The van der Waals surface area contributed by atoms with Gasteiger partial charge in [-0.15, -0.1) is 0 Å². The van der Waals surface area contributed by atoms with Crippen LogP contribution in [0.3, 0.4) is 0 Å². The summed E-state index contributed by atoms with van der Waals surface area (Å²) >= 11 is 0. The van der Waals surface area contributed by atoms with Gasteiger partial charge in [-0.3, -0.25) is 4.79 Å². The predicted octanol–water partition coefficient (Wildman–Crippen LogP) is 3.49. The molecule has 0 heterocycles. The Kier molecular flexibility index (Phi) is 8.99. The van der Waals surface area contributed by atoms with Crippen LogP contribution in [0.25, 0.3) is 0 Å². The first kappa shape index (κ1) is 23.9. The van der Waals surface area contributed by atoms with Crippen molar-refractivity contribution in [2.24, 2.45) is 0 Å². The zero-order chi connectivity index (χ0) is 22.8. The van der Waals surface area contributed by atoms with Crippen LogP contribution < -0.4 is 30.2 Å². The molecule has 0 spiro atoms. The van der Waals surface area contributed by atoms with Crippen LogP contribution in [0.5, 0.6) is 17.2 Å². The highest BCUT2D eigenvalue weighted by molar-refractivity contribution is 5.89. The third-order valence-electron chi connectivity index (χ3n) is 4.49. The van der Waals surface area contributed by atoms with Gasteiger partial charge in [0.15, 0.2) is 11.5 Å². The minimum Gasteiger partial charge on any atom is -0.493 e. The first-order chi connectivity index (χ1) is 14.9. The lowest BCUT2D eigenvalue weighted by molar-refractivity contribution is -0.121. The Morgan fingerprint density at radius 1 is 0.903 bits per heavy atom. The number of carbonyl (C=O) groups excluding carboxylic acids is 2. The smallest absolute Gasteiger partial charge is 0.319 e. The lowest BCUT2D eigenvalue weighted by atomic mass is 10.1. The summed E-state index contributed by atoms with van der Waals surface area (Å²) in [5, 5.41) is 8.44. The molecule has 0 aliphatic carbocycles. The number of anilines is 1. The Morgan fingerprint density at radius 3 is 2.03 bits per heavy atom. The van der Waals surface area contributed by atoms with Gasteiger partial charge in [0.2, 0.25) is 11.7 Å². The molecular formula is C23H31N3O5.